The largest absolute Gasteiger partial charge is 0.416 e. The second-order valence-electron chi connectivity index (χ2n) is 13.4. The molecule has 4 rings (SSSR count). The van der Waals surface area contributed by atoms with Crippen LogP contribution in [0.3, 0.4) is 0 Å². The molecule has 0 aliphatic heterocycles. The normalized spacial score (nSPS) is 25.2. The summed E-state index contributed by atoms with van der Waals surface area (Å²) in [7, 11) is -2.07. The van der Waals surface area contributed by atoms with Crippen LogP contribution in [-0.4, -0.2) is 18.4 Å². The number of fused-ring (bicyclic) bond motifs is 1. The summed E-state index contributed by atoms with van der Waals surface area (Å²) in [6.45, 7) is 15.7. The van der Waals surface area contributed by atoms with E-state index in [1.807, 2.05) is 0 Å². The predicted octanol–water partition coefficient (Wildman–Crippen LogP) is 9.36. The van der Waals surface area contributed by atoms with Crippen molar-refractivity contribution in [3.63, 3.8) is 0 Å². The maximum atomic E-state index is 13.0. The molecule has 2 aromatic rings. The van der Waals surface area contributed by atoms with Gasteiger partial charge in [-0.25, -0.2) is 0 Å². The number of hydrogen-bond acceptors (Lipinski definition) is 3. The molecule has 1 spiro atoms. The number of rotatable bonds is 5. The Morgan fingerprint density at radius 1 is 1.11 bits per heavy atom. The third-order valence-electron chi connectivity index (χ3n) is 9.19. The first-order valence-corrected chi connectivity index (χ1v) is 17.6. The van der Waals surface area contributed by atoms with E-state index in [0.29, 0.717) is 11.5 Å². The molecule has 0 amide bonds. The molecule has 210 valence electrons. The number of aliphatic hydroxyl groups is 1. The molecule has 0 saturated heterocycles. The van der Waals surface area contributed by atoms with E-state index in [0.717, 1.165) is 55.6 Å². The molecule has 0 bridgehead atoms. The van der Waals surface area contributed by atoms with Crippen molar-refractivity contribution in [1.29, 1.82) is 0 Å². The molecule has 0 radical (unpaired) electrons. The molecule has 1 heterocycles. The molecule has 2 aliphatic carbocycles. The van der Waals surface area contributed by atoms with Gasteiger partial charge < -0.3 is 9.53 Å². The number of pyridine rings is 1. The SMILES string of the molecule is CC(C)c1cc(I)c2c(n1)CC1(CCC([C@H](O)c3ccc(C(F)(F)F)cc3)C1)CC2O[Si](C)(C)C(C)(C)C. The lowest BCUT2D eigenvalue weighted by Gasteiger charge is -2.45. The van der Waals surface area contributed by atoms with Crippen molar-refractivity contribution in [3.8, 4) is 0 Å². The first-order chi connectivity index (χ1) is 17.4. The van der Waals surface area contributed by atoms with Crippen molar-refractivity contribution in [1.82, 2.24) is 4.98 Å². The number of nitrogens with zero attached hydrogens (tertiary/aromatic N) is 1. The van der Waals surface area contributed by atoms with E-state index in [9.17, 15) is 18.3 Å². The zero-order valence-electron chi connectivity index (χ0n) is 23.5. The van der Waals surface area contributed by atoms with Crippen LogP contribution in [0.15, 0.2) is 30.3 Å². The van der Waals surface area contributed by atoms with Gasteiger partial charge >= 0.3 is 6.18 Å². The van der Waals surface area contributed by atoms with E-state index >= 15 is 0 Å². The third-order valence-corrected chi connectivity index (χ3v) is 14.6. The lowest BCUT2D eigenvalue weighted by molar-refractivity contribution is -0.137. The quantitative estimate of drug-likeness (QED) is 0.257. The monoisotopic (exact) mass is 659 g/mol. The fourth-order valence-corrected chi connectivity index (χ4v) is 8.17. The minimum atomic E-state index is -4.38. The van der Waals surface area contributed by atoms with Gasteiger partial charge in [-0.05, 0) is 114 Å². The van der Waals surface area contributed by atoms with Gasteiger partial charge in [0.25, 0.3) is 0 Å². The van der Waals surface area contributed by atoms with Gasteiger partial charge in [0, 0.05) is 20.5 Å². The predicted molar refractivity (Wildman–Crippen MR) is 157 cm³/mol. The highest BCUT2D eigenvalue weighted by Gasteiger charge is 2.50. The molecule has 1 saturated carbocycles. The molecule has 3 nitrogen and oxygen atoms in total. The van der Waals surface area contributed by atoms with Gasteiger partial charge in [0.05, 0.1) is 17.8 Å². The van der Waals surface area contributed by atoms with Gasteiger partial charge in [0.15, 0.2) is 8.32 Å². The maximum Gasteiger partial charge on any atom is 0.416 e. The lowest BCUT2D eigenvalue weighted by atomic mass is 9.70. The lowest BCUT2D eigenvalue weighted by Crippen LogP contribution is -2.44. The summed E-state index contributed by atoms with van der Waals surface area (Å²) < 4.78 is 47.4. The molecule has 8 heteroatoms. The first kappa shape index (κ1) is 30.0. The average Bonchev–Trinajstić information content (AvgIpc) is 3.19. The van der Waals surface area contributed by atoms with E-state index in [4.69, 9.17) is 9.41 Å². The smallest absolute Gasteiger partial charge is 0.410 e. The van der Waals surface area contributed by atoms with Crippen LogP contribution in [-0.2, 0) is 17.0 Å². The molecule has 1 fully saturated rings. The summed E-state index contributed by atoms with van der Waals surface area (Å²) in [6, 6.07) is 7.20. The second kappa shape index (κ2) is 10.5. The van der Waals surface area contributed by atoms with Crippen molar-refractivity contribution >= 4 is 30.9 Å². The van der Waals surface area contributed by atoms with Crippen LogP contribution in [0.4, 0.5) is 13.2 Å². The summed E-state index contributed by atoms with van der Waals surface area (Å²) in [5.74, 6) is 0.318. The summed E-state index contributed by atoms with van der Waals surface area (Å²) >= 11 is 2.45. The van der Waals surface area contributed by atoms with Crippen LogP contribution in [0.2, 0.25) is 18.1 Å². The van der Waals surface area contributed by atoms with Gasteiger partial charge in [0.1, 0.15) is 0 Å². The number of alkyl halides is 3. The Bertz CT molecular complexity index is 1160. The fourth-order valence-electron chi connectivity index (χ4n) is 5.93. The highest BCUT2D eigenvalue weighted by atomic mass is 127. The fraction of sp³-hybridized carbons (Fsp3) is 0.633. The molecule has 3 unspecified atom stereocenters. The highest BCUT2D eigenvalue weighted by Crippen LogP contribution is 2.57. The van der Waals surface area contributed by atoms with Crippen LogP contribution in [0.1, 0.15) is 107 Å². The van der Waals surface area contributed by atoms with E-state index in [1.165, 1.54) is 21.3 Å². The molecule has 2 aliphatic rings. The van der Waals surface area contributed by atoms with Gasteiger partial charge in [-0.1, -0.05) is 46.8 Å². The minimum absolute atomic E-state index is 0.00541. The van der Waals surface area contributed by atoms with Crippen molar-refractivity contribution < 1.29 is 22.7 Å². The second-order valence-corrected chi connectivity index (χ2v) is 19.3. The van der Waals surface area contributed by atoms with Crippen LogP contribution in [0.5, 0.6) is 0 Å². The van der Waals surface area contributed by atoms with E-state index in [2.05, 4.69) is 76.4 Å². The summed E-state index contributed by atoms with van der Waals surface area (Å²) in [5, 5.41) is 11.3. The highest BCUT2D eigenvalue weighted by molar-refractivity contribution is 14.1. The zero-order valence-corrected chi connectivity index (χ0v) is 26.7. The number of aliphatic hydroxyl groups excluding tert-OH is 1. The number of benzene rings is 1. The molecule has 4 atom stereocenters. The first-order valence-electron chi connectivity index (χ1n) is 13.6. The van der Waals surface area contributed by atoms with Crippen LogP contribution < -0.4 is 0 Å². The van der Waals surface area contributed by atoms with Crippen molar-refractivity contribution in [2.75, 3.05) is 0 Å². The van der Waals surface area contributed by atoms with Crippen LogP contribution in [0.25, 0.3) is 0 Å². The number of hydrogen-bond donors (Lipinski definition) is 1. The van der Waals surface area contributed by atoms with E-state index in [-0.39, 0.29) is 22.5 Å². The summed E-state index contributed by atoms with van der Waals surface area (Å²) in [4.78, 5) is 5.16. The van der Waals surface area contributed by atoms with Gasteiger partial charge in [-0.2, -0.15) is 13.2 Å². The Labute approximate surface area is 240 Å². The Morgan fingerprint density at radius 2 is 1.74 bits per heavy atom. The molecule has 1 aromatic carbocycles. The van der Waals surface area contributed by atoms with Crippen molar-refractivity contribution in [2.45, 2.75) is 109 Å². The topological polar surface area (TPSA) is 42.4 Å². The van der Waals surface area contributed by atoms with E-state index < -0.39 is 26.2 Å². The summed E-state index contributed by atoms with van der Waals surface area (Å²) in [6.07, 6.45) is -0.851. The van der Waals surface area contributed by atoms with Crippen molar-refractivity contribution in [2.24, 2.45) is 11.3 Å². The number of aromatic nitrogens is 1. The molecular formula is C30H41F3INO2Si. The molecule has 38 heavy (non-hydrogen) atoms. The van der Waals surface area contributed by atoms with Crippen LogP contribution >= 0.6 is 22.6 Å². The molecular weight excluding hydrogens is 618 g/mol. The Morgan fingerprint density at radius 3 is 2.29 bits per heavy atom. The number of halogens is 4. The van der Waals surface area contributed by atoms with Gasteiger partial charge in [-0.15, -0.1) is 0 Å². The van der Waals surface area contributed by atoms with Gasteiger partial charge in [-0.3, -0.25) is 4.98 Å². The Kier molecular flexibility index (Phi) is 8.25. The van der Waals surface area contributed by atoms with Crippen molar-refractivity contribution in [3.05, 3.63) is 62.0 Å². The Balaban J connectivity index is 1.64. The minimum Gasteiger partial charge on any atom is -0.410 e. The summed E-state index contributed by atoms with van der Waals surface area (Å²) in [5.41, 5.74) is 3.28. The van der Waals surface area contributed by atoms with E-state index in [1.54, 1.807) is 0 Å². The third kappa shape index (κ3) is 6.03. The zero-order chi connectivity index (χ0) is 28.3. The maximum absolute atomic E-state index is 13.0. The molecule has 1 N–H and O–H groups in total. The average molecular weight is 660 g/mol. The Hall–Kier alpha value is -0.973. The standard InChI is InChI=1S/C30H41F3INO2Si/c1-18(2)23-14-22(34)26-24(35-23)16-29(17-25(26)37-38(6,7)28(3,4)5)13-12-20(15-29)27(36)19-8-10-21(11-9-19)30(31,32)33/h8-11,14,18,20,25,27,36H,12-13,15-17H2,1-7H3/t20?,25?,27-,29?/m1/s1. The van der Waals surface area contributed by atoms with Crippen LogP contribution in [0, 0.1) is 14.9 Å². The van der Waals surface area contributed by atoms with Gasteiger partial charge in [0.2, 0.25) is 0 Å². The molecule has 1 aromatic heterocycles.